The second-order valence-electron chi connectivity index (χ2n) is 9.06. The second-order valence-corrected chi connectivity index (χ2v) is 9.49. The van der Waals surface area contributed by atoms with Gasteiger partial charge in [-0.3, -0.25) is 9.59 Å². The number of halogens is 1. The molecule has 1 fully saturated rings. The first-order valence-corrected chi connectivity index (χ1v) is 12.2. The van der Waals surface area contributed by atoms with Gasteiger partial charge in [-0.25, -0.2) is 0 Å². The molecule has 1 aliphatic rings. The number of aryl methyl sites for hydroxylation is 2. The quantitative estimate of drug-likeness (QED) is 0.525. The molecule has 0 aromatic heterocycles. The molecule has 0 spiro atoms. The Bertz CT molecular complexity index is 968. The molecule has 178 valence electrons. The number of ether oxygens (including phenoxy) is 1. The lowest BCUT2D eigenvalue weighted by Crippen LogP contribution is -2.52. The van der Waals surface area contributed by atoms with E-state index in [4.69, 9.17) is 16.3 Å². The maximum absolute atomic E-state index is 13.4. The molecule has 33 heavy (non-hydrogen) atoms. The fraction of sp³-hybridized carbons (Fsp3) is 0.481. The van der Waals surface area contributed by atoms with E-state index in [0.717, 1.165) is 47.9 Å². The summed E-state index contributed by atoms with van der Waals surface area (Å²) in [5.41, 5.74) is 4.14. The minimum absolute atomic E-state index is 0.0886. The summed E-state index contributed by atoms with van der Waals surface area (Å²) in [5.74, 6) is 0.405. The smallest absolute Gasteiger partial charge is 0.261 e. The lowest BCUT2D eigenvalue weighted by Gasteiger charge is -2.31. The molecule has 0 aliphatic heterocycles. The predicted molar refractivity (Wildman–Crippen MR) is 133 cm³/mol. The number of nitrogens with one attached hydrogen (secondary N) is 1. The number of amides is 2. The van der Waals surface area contributed by atoms with E-state index < -0.39 is 6.04 Å². The summed E-state index contributed by atoms with van der Waals surface area (Å²) in [6.45, 7) is 8.17. The SMILES string of the molecule is CC[C@@H](C(=O)NC1CCCC1)N(Cc1ccc(Cl)cc1)C(=O)COc1cc(C)cc(C)c1C. The Morgan fingerprint density at radius 3 is 2.42 bits per heavy atom. The molecule has 6 heteroatoms. The molecule has 3 rings (SSSR count). The van der Waals surface area contributed by atoms with Gasteiger partial charge in [0.25, 0.3) is 5.91 Å². The molecule has 0 radical (unpaired) electrons. The van der Waals surface area contributed by atoms with Crippen LogP contribution in [-0.2, 0) is 16.1 Å². The van der Waals surface area contributed by atoms with E-state index in [1.807, 2.05) is 45.9 Å². The molecular weight excluding hydrogens is 436 g/mol. The Morgan fingerprint density at radius 2 is 1.79 bits per heavy atom. The third kappa shape index (κ3) is 6.73. The molecule has 2 aromatic rings. The van der Waals surface area contributed by atoms with E-state index in [1.54, 1.807) is 17.0 Å². The largest absolute Gasteiger partial charge is 0.483 e. The van der Waals surface area contributed by atoms with Crippen molar-refractivity contribution >= 4 is 23.4 Å². The van der Waals surface area contributed by atoms with Crippen LogP contribution in [0.3, 0.4) is 0 Å². The summed E-state index contributed by atoms with van der Waals surface area (Å²) in [4.78, 5) is 28.2. The minimum Gasteiger partial charge on any atom is -0.483 e. The normalized spacial score (nSPS) is 14.7. The summed E-state index contributed by atoms with van der Waals surface area (Å²) in [5, 5.41) is 3.80. The average Bonchev–Trinajstić information content (AvgIpc) is 3.29. The molecule has 0 bridgehead atoms. The van der Waals surface area contributed by atoms with Gasteiger partial charge >= 0.3 is 0 Å². The Labute approximate surface area is 202 Å². The van der Waals surface area contributed by atoms with Gasteiger partial charge in [-0.1, -0.05) is 49.6 Å². The van der Waals surface area contributed by atoms with Crippen LogP contribution in [0, 0.1) is 20.8 Å². The van der Waals surface area contributed by atoms with Gasteiger partial charge in [0.05, 0.1) is 0 Å². The van der Waals surface area contributed by atoms with Crippen LogP contribution in [-0.4, -0.2) is 35.4 Å². The zero-order valence-electron chi connectivity index (χ0n) is 20.1. The second kappa shape index (κ2) is 11.6. The first kappa shape index (κ1) is 25.1. The van der Waals surface area contributed by atoms with Crippen LogP contribution >= 0.6 is 11.6 Å². The third-order valence-electron chi connectivity index (χ3n) is 6.47. The number of hydrogen-bond acceptors (Lipinski definition) is 3. The van der Waals surface area contributed by atoms with E-state index >= 15 is 0 Å². The highest BCUT2D eigenvalue weighted by molar-refractivity contribution is 6.30. The third-order valence-corrected chi connectivity index (χ3v) is 6.72. The van der Waals surface area contributed by atoms with Gasteiger partial charge in [0.15, 0.2) is 6.61 Å². The highest BCUT2D eigenvalue weighted by atomic mass is 35.5. The maximum Gasteiger partial charge on any atom is 0.261 e. The van der Waals surface area contributed by atoms with Crippen LogP contribution in [0.25, 0.3) is 0 Å². The summed E-state index contributed by atoms with van der Waals surface area (Å²) >= 11 is 6.04. The Hall–Kier alpha value is -2.53. The maximum atomic E-state index is 13.4. The molecule has 1 saturated carbocycles. The van der Waals surface area contributed by atoms with E-state index in [0.29, 0.717) is 23.7 Å². The van der Waals surface area contributed by atoms with E-state index in [2.05, 4.69) is 11.4 Å². The van der Waals surface area contributed by atoms with Crippen molar-refractivity contribution in [2.45, 2.75) is 78.4 Å². The summed E-state index contributed by atoms with van der Waals surface area (Å²) in [6, 6.07) is 11.1. The van der Waals surface area contributed by atoms with Crippen LogP contribution in [0.5, 0.6) is 5.75 Å². The fourth-order valence-electron chi connectivity index (χ4n) is 4.45. The van der Waals surface area contributed by atoms with Gasteiger partial charge in [0, 0.05) is 17.6 Å². The van der Waals surface area contributed by atoms with E-state index in [1.165, 1.54) is 0 Å². The van der Waals surface area contributed by atoms with Crippen molar-refractivity contribution in [3.63, 3.8) is 0 Å². The van der Waals surface area contributed by atoms with Crippen LogP contribution in [0.2, 0.25) is 5.02 Å². The molecular formula is C27H35ClN2O3. The standard InChI is InChI=1S/C27H35ClN2O3/c1-5-24(27(32)29-23-8-6-7-9-23)30(16-21-10-12-22(28)13-11-21)26(31)17-33-25-15-18(2)14-19(3)20(25)4/h10-15,23-24H,5-9,16-17H2,1-4H3,(H,29,32)/t24-/m0/s1. The van der Waals surface area contributed by atoms with Crippen molar-refractivity contribution < 1.29 is 14.3 Å². The highest BCUT2D eigenvalue weighted by Crippen LogP contribution is 2.24. The molecule has 1 atom stereocenters. The lowest BCUT2D eigenvalue weighted by molar-refractivity contribution is -0.143. The Balaban J connectivity index is 1.79. The van der Waals surface area contributed by atoms with Crippen molar-refractivity contribution in [3.05, 3.63) is 63.7 Å². The number of rotatable bonds is 9. The van der Waals surface area contributed by atoms with Gasteiger partial charge in [-0.15, -0.1) is 0 Å². The van der Waals surface area contributed by atoms with Crippen molar-refractivity contribution in [2.75, 3.05) is 6.61 Å². The topological polar surface area (TPSA) is 58.6 Å². The lowest BCUT2D eigenvalue weighted by atomic mass is 10.1. The van der Waals surface area contributed by atoms with Crippen LogP contribution < -0.4 is 10.1 Å². The first-order chi connectivity index (χ1) is 15.8. The molecule has 1 N–H and O–H groups in total. The fourth-order valence-corrected chi connectivity index (χ4v) is 4.57. The van der Waals surface area contributed by atoms with Gasteiger partial charge in [0.1, 0.15) is 11.8 Å². The highest BCUT2D eigenvalue weighted by Gasteiger charge is 2.31. The number of carbonyl (C=O) groups excluding carboxylic acids is 2. The molecule has 2 aromatic carbocycles. The zero-order chi connectivity index (χ0) is 24.0. The Morgan fingerprint density at radius 1 is 1.12 bits per heavy atom. The van der Waals surface area contributed by atoms with Crippen molar-refractivity contribution in [1.29, 1.82) is 0 Å². The predicted octanol–water partition coefficient (Wildman–Crippen LogP) is 5.51. The molecule has 5 nitrogen and oxygen atoms in total. The van der Waals surface area contributed by atoms with Crippen molar-refractivity contribution in [2.24, 2.45) is 0 Å². The van der Waals surface area contributed by atoms with Crippen LogP contribution in [0.15, 0.2) is 36.4 Å². The Kier molecular flexibility index (Phi) is 8.79. The summed E-state index contributed by atoms with van der Waals surface area (Å²) in [7, 11) is 0. The van der Waals surface area contributed by atoms with Crippen molar-refractivity contribution in [3.8, 4) is 5.75 Å². The number of hydrogen-bond donors (Lipinski definition) is 1. The first-order valence-electron chi connectivity index (χ1n) is 11.8. The van der Waals surface area contributed by atoms with Crippen LogP contribution in [0.4, 0.5) is 0 Å². The van der Waals surface area contributed by atoms with Gasteiger partial charge in [-0.2, -0.15) is 0 Å². The van der Waals surface area contributed by atoms with Gasteiger partial charge in [-0.05, 0) is 80.5 Å². The molecule has 0 unspecified atom stereocenters. The van der Waals surface area contributed by atoms with Gasteiger partial charge < -0.3 is 15.0 Å². The van der Waals surface area contributed by atoms with Gasteiger partial charge in [0.2, 0.25) is 5.91 Å². The monoisotopic (exact) mass is 470 g/mol. The van der Waals surface area contributed by atoms with Crippen molar-refractivity contribution in [1.82, 2.24) is 10.2 Å². The summed E-state index contributed by atoms with van der Waals surface area (Å²) < 4.78 is 5.96. The molecule has 1 aliphatic carbocycles. The molecule has 0 saturated heterocycles. The van der Waals surface area contributed by atoms with Crippen LogP contribution in [0.1, 0.15) is 61.3 Å². The number of benzene rings is 2. The van der Waals surface area contributed by atoms with E-state index in [-0.39, 0.29) is 24.5 Å². The molecule has 0 heterocycles. The average molecular weight is 471 g/mol. The number of carbonyl (C=O) groups is 2. The zero-order valence-corrected chi connectivity index (χ0v) is 20.9. The summed E-state index contributed by atoms with van der Waals surface area (Å²) in [6.07, 6.45) is 4.81. The van der Waals surface area contributed by atoms with E-state index in [9.17, 15) is 9.59 Å². The number of nitrogens with zero attached hydrogens (tertiary/aromatic N) is 1. The molecule has 2 amide bonds. The minimum atomic E-state index is -0.558.